The summed E-state index contributed by atoms with van der Waals surface area (Å²) >= 11 is 0. The van der Waals surface area contributed by atoms with E-state index in [0.29, 0.717) is 18.6 Å². The lowest BCUT2D eigenvalue weighted by molar-refractivity contribution is -0.127. The summed E-state index contributed by atoms with van der Waals surface area (Å²) in [6, 6.07) is 0. The first-order valence-corrected chi connectivity index (χ1v) is 18.2. The van der Waals surface area contributed by atoms with E-state index in [1.54, 1.807) is 0 Å². The minimum Gasteiger partial charge on any atom is -0.508 e. The molecule has 1 rings (SSSR count). The molecule has 0 heterocycles. The van der Waals surface area contributed by atoms with E-state index in [1.807, 2.05) is 19.9 Å². The fourth-order valence-electron chi connectivity index (χ4n) is 3.80. The summed E-state index contributed by atoms with van der Waals surface area (Å²) in [5.41, 5.74) is -0.112. The van der Waals surface area contributed by atoms with Crippen LogP contribution in [0.1, 0.15) is 82.1 Å². The number of allylic oxidation sites excluding steroid dienone is 2. The topological polar surface area (TPSA) is 55.8 Å². The van der Waals surface area contributed by atoms with Gasteiger partial charge in [0.25, 0.3) is 0 Å². The van der Waals surface area contributed by atoms with Gasteiger partial charge in [0, 0.05) is 17.6 Å². The number of aliphatic hydroxyl groups excluding tert-OH is 1. The van der Waals surface area contributed by atoms with Crippen LogP contribution < -0.4 is 0 Å². The summed E-state index contributed by atoms with van der Waals surface area (Å²) in [5, 5.41) is 10.9. The van der Waals surface area contributed by atoms with E-state index in [1.165, 1.54) is 6.08 Å². The Kier molecular flexibility index (Phi) is 8.96. The molecule has 33 heavy (non-hydrogen) atoms. The molecule has 4 nitrogen and oxygen atoms in total. The molecule has 0 aromatic heterocycles. The number of hydrogen-bond donors (Lipinski definition) is 1. The molecule has 0 saturated heterocycles. The van der Waals surface area contributed by atoms with E-state index in [0.717, 1.165) is 6.42 Å². The summed E-state index contributed by atoms with van der Waals surface area (Å²) in [5.74, 6) is 0.00835. The number of carbonyl (C=O) groups excluding carboxylic acids is 1. The molecule has 1 saturated carbocycles. The predicted octanol–water partition coefficient (Wildman–Crippen LogP) is 8.18. The standard InChI is InChI=1S/C27H52O4Si2/c1-20(15-16-30-32(11,12)24(2,3)4)22(28)17-23(29)27(10)19-21(18-26(27,8)9)31-33(13,14)25(5,6)7/h15,17,21,28H,16,18-19H2,1-14H3/b20-15+,22-17-/t21-,27-/m0/s1. The normalized spacial score (nSPS) is 25.5. The Morgan fingerprint density at radius 3 is 1.91 bits per heavy atom. The fraction of sp³-hybridized carbons (Fsp3) is 0.815. The number of hydrogen-bond acceptors (Lipinski definition) is 4. The van der Waals surface area contributed by atoms with Gasteiger partial charge in [0.05, 0.1) is 6.61 Å². The Morgan fingerprint density at radius 2 is 1.45 bits per heavy atom. The van der Waals surface area contributed by atoms with E-state index in [2.05, 4.69) is 81.6 Å². The highest BCUT2D eigenvalue weighted by Crippen LogP contribution is 2.55. The van der Waals surface area contributed by atoms with Gasteiger partial charge in [-0.05, 0) is 67.0 Å². The van der Waals surface area contributed by atoms with Crippen molar-refractivity contribution in [1.82, 2.24) is 0 Å². The summed E-state index contributed by atoms with van der Waals surface area (Å²) in [6.45, 7) is 30.9. The maximum atomic E-state index is 13.4. The van der Waals surface area contributed by atoms with Gasteiger partial charge in [-0.1, -0.05) is 68.4 Å². The molecule has 6 heteroatoms. The van der Waals surface area contributed by atoms with Crippen LogP contribution in [-0.4, -0.2) is 40.2 Å². The molecule has 192 valence electrons. The highest BCUT2D eigenvalue weighted by Gasteiger charge is 2.55. The van der Waals surface area contributed by atoms with Crippen LogP contribution >= 0.6 is 0 Å². The third-order valence-electron chi connectivity index (χ3n) is 8.99. The molecule has 1 aliphatic carbocycles. The first kappa shape index (κ1) is 30.3. The second-order valence-corrected chi connectivity index (χ2v) is 23.5. The molecule has 2 atom stereocenters. The smallest absolute Gasteiger partial charge is 0.192 e. The molecule has 0 aromatic rings. The van der Waals surface area contributed by atoms with Gasteiger partial charge in [-0.3, -0.25) is 4.79 Å². The van der Waals surface area contributed by atoms with E-state index in [9.17, 15) is 9.90 Å². The fourth-order valence-corrected chi connectivity index (χ4v) is 6.09. The number of ketones is 1. The summed E-state index contributed by atoms with van der Waals surface area (Å²) in [6.07, 6.45) is 4.91. The zero-order chi connectivity index (χ0) is 26.3. The summed E-state index contributed by atoms with van der Waals surface area (Å²) in [4.78, 5) is 13.4. The van der Waals surface area contributed by atoms with Gasteiger partial charge in [0.15, 0.2) is 22.4 Å². The van der Waals surface area contributed by atoms with Crippen molar-refractivity contribution in [1.29, 1.82) is 0 Å². The number of rotatable bonds is 8. The van der Waals surface area contributed by atoms with Gasteiger partial charge in [-0.25, -0.2) is 0 Å². The first-order chi connectivity index (χ1) is 14.5. The van der Waals surface area contributed by atoms with Crippen LogP contribution in [-0.2, 0) is 13.6 Å². The zero-order valence-corrected chi connectivity index (χ0v) is 26.0. The van der Waals surface area contributed by atoms with Gasteiger partial charge in [-0.2, -0.15) is 0 Å². The van der Waals surface area contributed by atoms with Gasteiger partial charge in [0.2, 0.25) is 0 Å². The molecule has 0 bridgehead atoms. The molecule has 0 unspecified atom stereocenters. The minimum atomic E-state index is -1.92. The highest BCUT2D eigenvalue weighted by atomic mass is 28.4. The lowest BCUT2D eigenvalue weighted by atomic mass is 9.66. The Morgan fingerprint density at radius 1 is 0.970 bits per heavy atom. The third kappa shape index (κ3) is 6.92. The predicted molar refractivity (Wildman–Crippen MR) is 146 cm³/mol. The van der Waals surface area contributed by atoms with Gasteiger partial charge in [0.1, 0.15) is 5.76 Å². The van der Waals surface area contributed by atoms with Gasteiger partial charge < -0.3 is 14.0 Å². The number of aliphatic hydroxyl groups is 1. The van der Waals surface area contributed by atoms with Crippen LogP contribution in [0.15, 0.2) is 23.5 Å². The molecule has 0 aliphatic heterocycles. The van der Waals surface area contributed by atoms with Crippen molar-refractivity contribution < 1.29 is 18.8 Å². The maximum Gasteiger partial charge on any atom is 0.192 e. The van der Waals surface area contributed by atoms with Crippen LogP contribution in [0.4, 0.5) is 0 Å². The molecule has 0 amide bonds. The Bertz CT molecular complexity index is 779. The van der Waals surface area contributed by atoms with Crippen molar-refractivity contribution in [2.75, 3.05) is 6.61 Å². The molecule has 0 radical (unpaired) electrons. The molecule has 1 fully saturated rings. The Hall–Kier alpha value is -0.696. The third-order valence-corrected chi connectivity index (χ3v) is 18.0. The van der Waals surface area contributed by atoms with E-state index in [-0.39, 0.29) is 33.1 Å². The Labute approximate surface area is 206 Å². The molecule has 1 aliphatic rings. The average molecular weight is 497 g/mol. The monoisotopic (exact) mass is 496 g/mol. The molecule has 0 spiro atoms. The SMILES string of the molecule is CC(=C\CO[Si](C)(C)C(C)(C)C)/C(O)=C/C(=O)[C@]1(C)C[C@@H](O[Si](C)(C)C(C)(C)C)CC1(C)C. The van der Waals surface area contributed by atoms with Crippen molar-refractivity contribution in [3.8, 4) is 0 Å². The van der Waals surface area contributed by atoms with Crippen LogP contribution in [0.3, 0.4) is 0 Å². The molecule has 1 N–H and O–H groups in total. The first-order valence-electron chi connectivity index (χ1n) is 12.4. The van der Waals surface area contributed by atoms with E-state index >= 15 is 0 Å². The largest absolute Gasteiger partial charge is 0.508 e. The van der Waals surface area contributed by atoms with E-state index in [4.69, 9.17) is 8.85 Å². The van der Waals surface area contributed by atoms with Crippen LogP contribution in [0.5, 0.6) is 0 Å². The molecule has 0 aromatic carbocycles. The summed E-state index contributed by atoms with van der Waals surface area (Å²) < 4.78 is 12.9. The van der Waals surface area contributed by atoms with Crippen molar-refractivity contribution in [3.05, 3.63) is 23.5 Å². The Balaban J connectivity index is 2.98. The number of carbonyl (C=O) groups is 1. The van der Waals surface area contributed by atoms with Crippen molar-refractivity contribution in [3.63, 3.8) is 0 Å². The van der Waals surface area contributed by atoms with Gasteiger partial charge >= 0.3 is 0 Å². The van der Waals surface area contributed by atoms with Crippen molar-refractivity contribution >= 4 is 22.4 Å². The summed E-state index contributed by atoms with van der Waals surface area (Å²) in [7, 11) is -3.77. The maximum absolute atomic E-state index is 13.4. The van der Waals surface area contributed by atoms with Crippen LogP contribution in [0.25, 0.3) is 0 Å². The zero-order valence-electron chi connectivity index (χ0n) is 24.0. The average Bonchev–Trinajstić information content (AvgIpc) is 2.81. The van der Waals surface area contributed by atoms with Crippen LogP contribution in [0.2, 0.25) is 36.3 Å². The van der Waals surface area contributed by atoms with Crippen molar-refractivity contribution in [2.45, 2.75) is 124 Å². The minimum absolute atomic E-state index is 0.0237. The highest BCUT2D eigenvalue weighted by molar-refractivity contribution is 6.74. The van der Waals surface area contributed by atoms with Crippen LogP contribution in [0, 0.1) is 10.8 Å². The molecular formula is C27H52O4Si2. The second-order valence-electron chi connectivity index (χ2n) is 14.0. The van der Waals surface area contributed by atoms with Crippen molar-refractivity contribution in [2.24, 2.45) is 10.8 Å². The lowest BCUT2D eigenvalue weighted by Crippen LogP contribution is -2.43. The lowest BCUT2D eigenvalue weighted by Gasteiger charge is -2.38. The van der Waals surface area contributed by atoms with E-state index < -0.39 is 22.0 Å². The van der Waals surface area contributed by atoms with Gasteiger partial charge in [-0.15, -0.1) is 0 Å². The second kappa shape index (κ2) is 9.75. The molecular weight excluding hydrogens is 444 g/mol. The quantitative estimate of drug-likeness (QED) is 0.159.